The number of rotatable bonds is 14. The summed E-state index contributed by atoms with van der Waals surface area (Å²) in [6, 6.07) is 5.92. The molecule has 1 aromatic carbocycles. The van der Waals surface area contributed by atoms with Crippen molar-refractivity contribution in [1.29, 1.82) is 0 Å². The zero-order chi connectivity index (χ0) is 29.8. The van der Waals surface area contributed by atoms with Crippen LogP contribution in [0.3, 0.4) is 0 Å². The SMILES string of the molecule is C=C1[C@H](O)C[C@H]2[C@@H]3[C@H](CCCCCCCCCSCCCC(F)(F)C(F)(F)F)Cc4cc(O)ccc4[C@H]3CC[C@]12C. The number of fused-ring (bicyclic) bond motifs is 5. The number of halogens is 5. The van der Waals surface area contributed by atoms with Crippen LogP contribution in [0.5, 0.6) is 5.75 Å². The van der Waals surface area contributed by atoms with Gasteiger partial charge in [0.2, 0.25) is 0 Å². The van der Waals surface area contributed by atoms with Gasteiger partial charge in [0.15, 0.2) is 0 Å². The highest BCUT2D eigenvalue weighted by molar-refractivity contribution is 7.99. The Morgan fingerprint density at radius 3 is 2.34 bits per heavy atom. The third-order valence-corrected chi connectivity index (χ3v) is 11.6. The van der Waals surface area contributed by atoms with Crippen molar-refractivity contribution in [3.63, 3.8) is 0 Å². The van der Waals surface area contributed by atoms with Crippen molar-refractivity contribution in [2.45, 2.75) is 121 Å². The molecule has 2 N–H and O–H groups in total. The molecule has 8 heteroatoms. The van der Waals surface area contributed by atoms with Crippen LogP contribution < -0.4 is 0 Å². The Bertz CT molecular complexity index is 1030. The van der Waals surface area contributed by atoms with Crippen LogP contribution in [0.4, 0.5) is 22.0 Å². The van der Waals surface area contributed by atoms with Gasteiger partial charge in [-0.05, 0) is 114 Å². The van der Waals surface area contributed by atoms with E-state index < -0.39 is 24.6 Å². The molecule has 6 atom stereocenters. The molecular formula is C33H47F5O2S. The predicted octanol–water partition coefficient (Wildman–Crippen LogP) is 9.83. The maximum Gasteiger partial charge on any atom is 0.453 e. The second kappa shape index (κ2) is 13.6. The van der Waals surface area contributed by atoms with E-state index in [9.17, 15) is 32.2 Å². The molecule has 0 radical (unpaired) electrons. The van der Waals surface area contributed by atoms with Gasteiger partial charge in [0, 0.05) is 6.42 Å². The molecule has 0 spiro atoms. The summed E-state index contributed by atoms with van der Waals surface area (Å²) in [5, 5.41) is 20.9. The van der Waals surface area contributed by atoms with Gasteiger partial charge >= 0.3 is 12.1 Å². The van der Waals surface area contributed by atoms with Gasteiger partial charge in [-0.1, -0.05) is 58.1 Å². The summed E-state index contributed by atoms with van der Waals surface area (Å²) in [5.41, 5.74) is 3.73. The molecule has 0 heterocycles. The molecule has 0 unspecified atom stereocenters. The molecule has 3 aliphatic rings. The molecule has 1 aromatic rings. The number of aliphatic hydroxyl groups is 1. The Kier molecular flexibility index (Phi) is 10.8. The number of unbranched alkanes of at least 4 members (excludes halogenated alkanes) is 6. The van der Waals surface area contributed by atoms with Crippen LogP contribution in [-0.4, -0.2) is 39.9 Å². The van der Waals surface area contributed by atoms with Crippen LogP contribution in [0, 0.1) is 23.2 Å². The standard InChI is InChI=1S/C33H47F5O2S/c1-22-29(40)21-28-30-23(19-24-20-25(39)12-13-26(24)27(30)14-16-31(22,28)2)11-8-6-4-3-5-7-9-17-41-18-10-15-32(34,35)33(36,37)38/h12-13,20,23,27-30,39-40H,1,3-11,14-19,21H2,2H3/t23-,27-,28+,29-,30-,31-/m1/s1. The fourth-order valence-electron chi connectivity index (χ4n) is 8.12. The van der Waals surface area contributed by atoms with Gasteiger partial charge in [-0.25, -0.2) is 0 Å². The normalized spacial score (nSPS) is 29.7. The first-order valence-electron chi connectivity index (χ1n) is 15.6. The zero-order valence-electron chi connectivity index (χ0n) is 24.3. The number of phenolic OH excluding ortho intramolecular Hbond substituents is 1. The van der Waals surface area contributed by atoms with Gasteiger partial charge in [-0.3, -0.25) is 0 Å². The first-order valence-corrected chi connectivity index (χ1v) is 16.7. The molecule has 0 saturated heterocycles. The average molecular weight is 603 g/mol. The lowest BCUT2D eigenvalue weighted by molar-refractivity contribution is -0.284. The van der Waals surface area contributed by atoms with Crippen LogP contribution in [0.25, 0.3) is 0 Å². The Hall–Kier alpha value is -1.28. The highest BCUT2D eigenvalue weighted by atomic mass is 32.2. The van der Waals surface area contributed by atoms with Gasteiger partial charge in [-0.15, -0.1) is 0 Å². The number of aromatic hydroxyl groups is 1. The number of alkyl halides is 5. The summed E-state index contributed by atoms with van der Waals surface area (Å²) in [4.78, 5) is 0. The van der Waals surface area contributed by atoms with E-state index in [0.717, 1.165) is 69.1 Å². The van der Waals surface area contributed by atoms with Crippen molar-refractivity contribution < 1.29 is 32.2 Å². The fourth-order valence-corrected chi connectivity index (χ4v) is 9.08. The predicted molar refractivity (Wildman–Crippen MR) is 157 cm³/mol. The van der Waals surface area contributed by atoms with Crippen LogP contribution in [-0.2, 0) is 6.42 Å². The number of aliphatic hydroxyl groups excluding tert-OH is 1. The molecule has 2 saturated carbocycles. The molecule has 2 fully saturated rings. The van der Waals surface area contributed by atoms with Crippen molar-refractivity contribution in [3.8, 4) is 5.75 Å². The molecule has 2 nitrogen and oxygen atoms in total. The van der Waals surface area contributed by atoms with E-state index in [2.05, 4.69) is 19.6 Å². The largest absolute Gasteiger partial charge is 0.508 e. The number of phenols is 1. The van der Waals surface area contributed by atoms with Crippen molar-refractivity contribution >= 4 is 11.8 Å². The molecule has 3 aliphatic carbocycles. The van der Waals surface area contributed by atoms with Gasteiger partial charge in [0.1, 0.15) is 5.75 Å². The van der Waals surface area contributed by atoms with E-state index in [-0.39, 0.29) is 11.8 Å². The van der Waals surface area contributed by atoms with E-state index in [1.54, 1.807) is 0 Å². The van der Waals surface area contributed by atoms with Crippen molar-refractivity contribution in [2.75, 3.05) is 11.5 Å². The average Bonchev–Trinajstić information content (AvgIpc) is 3.14. The monoisotopic (exact) mass is 602 g/mol. The minimum atomic E-state index is -5.45. The summed E-state index contributed by atoms with van der Waals surface area (Å²) in [6.07, 6.45) is 5.88. The number of hydrogen-bond donors (Lipinski definition) is 2. The molecule has 0 amide bonds. The molecule has 0 aromatic heterocycles. The summed E-state index contributed by atoms with van der Waals surface area (Å²) in [5.74, 6) is -1.07. The van der Waals surface area contributed by atoms with Crippen LogP contribution in [0.1, 0.15) is 107 Å². The second-order valence-electron chi connectivity index (χ2n) is 13.1. The Balaban J connectivity index is 1.16. The smallest absolute Gasteiger partial charge is 0.453 e. The summed E-state index contributed by atoms with van der Waals surface area (Å²) in [7, 11) is 0. The third-order valence-electron chi connectivity index (χ3n) is 10.4. The third kappa shape index (κ3) is 7.45. The lowest BCUT2D eigenvalue weighted by Gasteiger charge is -2.52. The molecule has 232 valence electrons. The Morgan fingerprint density at radius 1 is 0.976 bits per heavy atom. The Labute approximate surface area is 246 Å². The highest BCUT2D eigenvalue weighted by Crippen LogP contribution is 2.64. The fraction of sp³-hybridized carbons (Fsp3) is 0.758. The molecular weight excluding hydrogens is 555 g/mol. The molecule has 4 rings (SSSR count). The highest BCUT2D eigenvalue weighted by Gasteiger charge is 2.57. The lowest BCUT2D eigenvalue weighted by atomic mass is 9.52. The number of thioether (sulfide) groups is 1. The minimum absolute atomic E-state index is 0.0136. The van der Waals surface area contributed by atoms with Crippen LogP contribution >= 0.6 is 11.8 Å². The summed E-state index contributed by atoms with van der Waals surface area (Å²) >= 11 is 1.47. The van der Waals surface area contributed by atoms with E-state index in [1.807, 2.05) is 12.1 Å². The van der Waals surface area contributed by atoms with Gasteiger partial charge in [-0.2, -0.15) is 33.7 Å². The van der Waals surface area contributed by atoms with Gasteiger partial charge < -0.3 is 10.2 Å². The second-order valence-corrected chi connectivity index (χ2v) is 14.3. The quantitative estimate of drug-likeness (QED) is 0.127. The minimum Gasteiger partial charge on any atom is -0.508 e. The first-order chi connectivity index (χ1) is 19.3. The maximum atomic E-state index is 12.9. The van der Waals surface area contributed by atoms with Crippen molar-refractivity contribution in [2.24, 2.45) is 23.2 Å². The van der Waals surface area contributed by atoms with Gasteiger partial charge in [0.25, 0.3) is 0 Å². The van der Waals surface area contributed by atoms with E-state index in [0.29, 0.717) is 35.2 Å². The molecule has 0 aliphatic heterocycles. The van der Waals surface area contributed by atoms with Crippen LogP contribution in [0.2, 0.25) is 0 Å². The topological polar surface area (TPSA) is 40.5 Å². The van der Waals surface area contributed by atoms with E-state index in [1.165, 1.54) is 42.2 Å². The summed E-state index contributed by atoms with van der Waals surface area (Å²) in [6.45, 7) is 6.63. The van der Waals surface area contributed by atoms with Crippen molar-refractivity contribution in [3.05, 3.63) is 41.5 Å². The first kappa shape index (κ1) is 32.6. The Morgan fingerprint density at radius 2 is 1.63 bits per heavy atom. The lowest BCUT2D eigenvalue weighted by Crippen LogP contribution is -2.44. The van der Waals surface area contributed by atoms with E-state index >= 15 is 0 Å². The van der Waals surface area contributed by atoms with Crippen molar-refractivity contribution in [1.82, 2.24) is 0 Å². The molecule has 41 heavy (non-hydrogen) atoms. The molecule has 0 bridgehead atoms. The van der Waals surface area contributed by atoms with E-state index in [4.69, 9.17) is 0 Å². The summed E-state index contributed by atoms with van der Waals surface area (Å²) < 4.78 is 62.4. The maximum absolute atomic E-state index is 12.9. The van der Waals surface area contributed by atoms with Gasteiger partial charge in [0.05, 0.1) is 6.10 Å². The van der Waals surface area contributed by atoms with Crippen LogP contribution in [0.15, 0.2) is 30.4 Å². The zero-order valence-corrected chi connectivity index (χ0v) is 25.1. The number of benzene rings is 1. The number of hydrogen-bond acceptors (Lipinski definition) is 3.